The summed E-state index contributed by atoms with van der Waals surface area (Å²) in [5.41, 5.74) is 2.53. The summed E-state index contributed by atoms with van der Waals surface area (Å²) in [6.45, 7) is 19.3. The first-order chi connectivity index (χ1) is 21.4. The van der Waals surface area contributed by atoms with Gasteiger partial charge < -0.3 is 30.9 Å². The second kappa shape index (κ2) is 18.5. The Kier molecular flexibility index (Phi) is 14.5. The van der Waals surface area contributed by atoms with Crippen molar-refractivity contribution >= 4 is 17.6 Å². The van der Waals surface area contributed by atoms with Gasteiger partial charge in [-0.25, -0.2) is 0 Å². The van der Waals surface area contributed by atoms with E-state index in [1.807, 2.05) is 0 Å². The average Bonchev–Trinajstić information content (AvgIpc) is 3.02. The third kappa shape index (κ3) is 11.8. The van der Waals surface area contributed by atoms with Gasteiger partial charge in [0.25, 0.3) is 0 Å². The minimum atomic E-state index is 0.209. The van der Waals surface area contributed by atoms with Crippen LogP contribution in [0, 0.1) is 11.8 Å². The van der Waals surface area contributed by atoms with Crippen LogP contribution < -0.4 is 25.8 Å². The van der Waals surface area contributed by atoms with Gasteiger partial charge >= 0.3 is 0 Å². The molecule has 1 saturated heterocycles. The SMILES string of the molecule is CC(C)CN(CC(C)C)c1cc(N2CCN(CCO)CC2)nc(NCc2ccc(CNCCCNC3CCCCC3)cc2)n1. The molecular formula is C35H60N8O. The van der Waals surface area contributed by atoms with Crippen molar-refractivity contribution < 1.29 is 5.11 Å². The molecule has 0 radical (unpaired) electrons. The molecule has 0 spiro atoms. The van der Waals surface area contributed by atoms with E-state index in [1.165, 1.54) is 49.7 Å². The number of aromatic nitrogens is 2. The van der Waals surface area contributed by atoms with Crippen LogP contribution in [0.1, 0.15) is 77.3 Å². The van der Waals surface area contributed by atoms with E-state index in [-0.39, 0.29) is 6.61 Å². The Hall–Kier alpha value is -2.46. The highest BCUT2D eigenvalue weighted by Crippen LogP contribution is 2.25. The number of anilines is 3. The van der Waals surface area contributed by atoms with Gasteiger partial charge in [0.05, 0.1) is 6.61 Å². The molecule has 4 N–H and O–H groups in total. The molecule has 1 saturated carbocycles. The molecule has 2 aliphatic rings. The van der Waals surface area contributed by atoms with E-state index in [0.29, 0.717) is 24.3 Å². The topological polar surface area (TPSA) is 91.8 Å². The fourth-order valence-corrected chi connectivity index (χ4v) is 6.33. The van der Waals surface area contributed by atoms with Crippen LogP contribution in [0.25, 0.3) is 0 Å². The number of aliphatic hydroxyl groups is 1. The summed E-state index contributed by atoms with van der Waals surface area (Å²) in [7, 11) is 0. The Bertz CT molecular complexity index is 1050. The van der Waals surface area contributed by atoms with E-state index in [2.05, 4.69) is 88.7 Å². The molecule has 9 heteroatoms. The molecular weight excluding hydrogens is 548 g/mol. The molecule has 1 aromatic heterocycles. The lowest BCUT2D eigenvalue weighted by Gasteiger charge is -2.36. The van der Waals surface area contributed by atoms with Crippen molar-refractivity contribution in [2.45, 2.75) is 85.4 Å². The highest BCUT2D eigenvalue weighted by Gasteiger charge is 2.21. The highest BCUT2D eigenvalue weighted by atomic mass is 16.3. The Balaban J connectivity index is 1.32. The smallest absolute Gasteiger partial charge is 0.226 e. The summed E-state index contributed by atoms with van der Waals surface area (Å²) in [5.74, 6) is 3.73. The maximum atomic E-state index is 9.36. The number of nitrogens with one attached hydrogen (secondary N) is 3. The van der Waals surface area contributed by atoms with Gasteiger partial charge in [-0.2, -0.15) is 9.97 Å². The zero-order valence-electron chi connectivity index (χ0n) is 28.0. The molecule has 0 atom stereocenters. The van der Waals surface area contributed by atoms with Crippen LogP contribution in [0.15, 0.2) is 30.3 Å². The second-order valence-corrected chi connectivity index (χ2v) is 13.6. The van der Waals surface area contributed by atoms with Crippen molar-refractivity contribution in [2.75, 3.05) is 80.6 Å². The van der Waals surface area contributed by atoms with Gasteiger partial charge in [0.1, 0.15) is 11.6 Å². The van der Waals surface area contributed by atoms with E-state index in [9.17, 15) is 5.11 Å². The van der Waals surface area contributed by atoms with Crippen molar-refractivity contribution in [2.24, 2.45) is 11.8 Å². The molecule has 2 aromatic rings. The predicted molar refractivity (Wildman–Crippen MR) is 185 cm³/mol. The summed E-state index contributed by atoms with van der Waals surface area (Å²) >= 11 is 0. The number of benzene rings is 1. The maximum Gasteiger partial charge on any atom is 0.226 e. The molecule has 9 nitrogen and oxygen atoms in total. The summed E-state index contributed by atoms with van der Waals surface area (Å²) < 4.78 is 0. The lowest BCUT2D eigenvalue weighted by Crippen LogP contribution is -2.47. The summed E-state index contributed by atoms with van der Waals surface area (Å²) in [6.07, 6.45) is 8.07. The summed E-state index contributed by atoms with van der Waals surface area (Å²) in [4.78, 5) is 17.1. The minimum absolute atomic E-state index is 0.209. The quantitative estimate of drug-likeness (QED) is 0.179. The lowest BCUT2D eigenvalue weighted by molar-refractivity contribution is 0.188. The van der Waals surface area contributed by atoms with Crippen LogP contribution in [-0.2, 0) is 13.1 Å². The zero-order chi connectivity index (χ0) is 31.1. The molecule has 2 heterocycles. The Morgan fingerprint density at radius 3 is 2.16 bits per heavy atom. The first-order valence-electron chi connectivity index (χ1n) is 17.4. The van der Waals surface area contributed by atoms with Gasteiger partial charge in [-0.1, -0.05) is 71.2 Å². The molecule has 1 aliphatic heterocycles. The molecule has 1 aliphatic carbocycles. The highest BCUT2D eigenvalue weighted by molar-refractivity contribution is 5.55. The van der Waals surface area contributed by atoms with Crippen LogP contribution >= 0.6 is 0 Å². The lowest BCUT2D eigenvalue weighted by atomic mass is 9.95. The molecule has 1 aromatic carbocycles. The maximum absolute atomic E-state index is 9.36. The Morgan fingerprint density at radius 1 is 0.864 bits per heavy atom. The fraction of sp³-hybridized carbons (Fsp3) is 0.714. The molecule has 0 amide bonds. The predicted octanol–water partition coefficient (Wildman–Crippen LogP) is 4.72. The number of β-amino-alcohol motifs (C(OH)–C–C–N with tert-alkyl or cyclic N) is 1. The number of hydrogen-bond acceptors (Lipinski definition) is 9. The van der Waals surface area contributed by atoms with E-state index in [4.69, 9.17) is 9.97 Å². The second-order valence-electron chi connectivity index (χ2n) is 13.6. The van der Waals surface area contributed by atoms with Crippen molar-refractivity contribution in [3.8, 4) is 0 Å². The number of hydrogen-bond donors (Lipinski definition) is 4. The standard InChI is InChI=1S/C35H60N8O/c1-28(2)26-43(27-29(3)4)34-23-33(42-19-17-41(18-20-42)21-22-44)39-35(40-34)38-25-31-13-11-30(12-14-31)24-36-15-8-16-37-32-9-6-5-7-10-32/h11-14,23,28-29,32,36-37,44H,5-10,15-22,24-27H2,1-4H3,(H,38,39,40). The Morgan fingerprint density at radius 2 is 1.52 bits per heavy atom. The summed E-state index contributed by atoms with van der Waals surface area (Å²) in [5, 5.41) is 20.2. The van der Waals surface area contributed by atoms with Crippen molar-refractivity contribution in [1.82, 2.24) is 25.5 Å². The average molecular weight is 609 g/mol. The summed E-state index contributed by atoms with van der Waals surface area (Å²) in [6, 6.07) is 11.8. The molecule has 4 rings (SSSR count). The number of piperazine rings is 1. The van der Waals surface area contributed by atoms with Crippen LogP contribution in [-0.4, -0.2) is 91.5 Å². The van der Waals surface area contributed by atoms with Gasteiger partial charge in [0, 0.05) is 71.0 Å². The van der Waals surface area contributed by atoms with E-state index in [1.54, 1.807) is 0 Å². The molecule has 0 unspecified atom stereocenters. The largest absolute Gasteiger partial charge is 0.395 e. The van der Waals surface area contributed by atoms with E-state index < -0.39 is 0 Å². The molecule has 44 heavy (non-hydrogen) atoms. The first kappa shape index (κ1) is 34.4. The van der Waals surface area contributed by atoms with Crippen molar-refractivity contribution in [1.29, 1.82) is 0 Å². The molecule has 0 bridgehead atoms. The van der Waals surface area contributed by atoms with Crippen LogP contribution in [0.3, 0.4) is 0 Å². The normalized spacial score (nSPS) is 16.7. The third-order valence-electron chi connectivity index (χ3n) is 8.68. The van der Waals surface area contributed by atoms with Gasteiger partial charge in [0.15, 0.2) is 0 Å². The van der Waals surface area contributed by atoms with Gasteiger partial charge in [0.2, 0.25) is 5.95 Å². The number of aliphatic hydroxyl groups excluding tert-OH is 1. The van der Waals surface area contributed by atoms with Crippen LogP contribution in [0.2, 0.25) is 0 Å². The number of nitrogens with zero attached hydrogens (tertiary/aromatic N) is 5. The minimum Gasteiger partial charge on any atom is -0.395 e. The first-order valence-corrected chi connectivity index (χ1v) is 17.4. The van der Waals surface area contributed by atoms with Crippen molar-refractivity contribution in [3.63, 3.8) is 0 Å². The monoisotopic (exact) mass is 608 g/mol. The molecule has 2 fully saturated rings. The van der Waals surface area contributed by atoms with E-state index >= 15 is 0 Å². The van der Waals surface area contributed by atoms with E-state index in [0.717, 1.165) is 83.1 Å². The van der Waals surface area contributed by atoms with Crippen LogP contribution in [0.4, 0.5) is 17.6 Å². The third-order valence-corrected chi connectivity index (χ3v) is 8.68. The number of rotatable bonds is 18. The van der Waals surface area contributed by atoms with Gasteiger partial charge in [-0.3, -0.25) is 4.90 Å². The zero-order valence-corrected chi connectivity index (χ0v) is 28.0. The van der Waals surface area contributed by atoms with Crippen molar-refractivity contribution in [3.05, 3.63) is 41.5 Å². The van der Waals surface area contributed by atoms with Gasteiger partial charge in [-0.05, 0) is 55.3 Å². The molecule has 246 valence electrons. The fourth-order valence-electron chi connectivity index (χ4n) is 6.33. The van der Waals surface area contributed by atoms with Gasteiger partial charge in [-0.15, -0.1) is 0 Å². The van der Waals surface area contributed by atoms with Crippen LogP contribution in [0.5, 0.6) is 0 Å². The Labute approximate surface area is 267 Å².